The van der Waals surface area contributed by atoms with Crippen molar-refractivity contribution in [1.82, 2.24) is 9.97 Å². The van der Waals surface area contributed by atoms with Crippen molar-refractivity contribution in [1.29, 1.82) is 5.26 Å². The second kappa shape index (κ2) is 6.39. The Kier molecular flexibility index (Phi) is 4.27. The summed E-state index contributed by atoms with van der Waals surface area (Å²) in [6.45, 7) is 0. The molecule has 128 valence electrons. The van der Waals surface area contributed by atoms with Crippen molar-refractivity contribution in [3.63, 3.8) is 0 Å². The summed E-state index contributed by atoms with van der Waals surface area (Å²) in [5.74, 6) is -1.80. The number of ether oxygens (including phenoxy) is 1. The molecule has 0 bridgehead atoms. The average Bonchev–Trinajstić information content (AvgIpc) is 2.99. The highest BCUT2D eigenvalue weighted by Crippen LogP contribution is 2.37. The second-order valence-electron chi connectivity index (χ2n) is 5.33. The number of carbonyl (C=O) groups is 1. The number of benzene rings is 1. The number of esters is 1. The molecule has 1 aromatic heterocycles. The third-order valence-electron chi connectivity index (χ3n) is 3.70. The van der Waals surface area contributed by atoms with Crippen LogP contribution in [0.1, 0.15) is 29.3 Å². The van der Waals surface area contributed by atoms with Gasteiger partial charge in [0.15, 0.2) is 0 Å². The predicted molar refractivity (Wildman–Crippen MR) is 79.7 cm³/mol. The van der Waals surface area contributed by atoms with Gasteiger partial charge in [0, 0.05) is 11.3 Å². The first-order valence-electron chi connectivity index (χ1n) is 7.27. The van der Waals surface area contributed by atoms with E-state index in [0.29, 0.717) is 29.1 Å². The number of alkyl halides is 3. The lowest BCUT2D eigenvalue weighted by Crippen LogP contribution is -2.26. The maximum absolute atomic E-state index is 12.4. The number of nitrogens with one attached hydrogen (secondary N) is 1. The number of anilines is 2. The summed E-state index contributed by atoms with van der Waals surface area (Å²) in [5, 5.41) is 11.8. The Balaban J connectivity index is 1.81. The van der Waals surface area contributed by atoms with Crippen LogP contribution >= 0.6 is 0 Å². The molecule has 0 radical (unpaired) electrons. The van der Waals surface area contributed by atoms with Crippen molar-refractivity contribution >= 4 is 17.5 Å². The Morgan fingerprint density at radius 3 is 2.64 bits per heavy atom. The van der Waals surface area contributed by atoms with E-state index in [1.807, 2.05) is 6.07 Å². The number of hydrogen-bond acceptors (Lipinski definition) is 6. The molecule has 1 N–H and O–H groups in total. The molecule has 0 saturated carbocycles. The lowest BCUT2D eigenvalue weighted by molar-refractivity contribution is -0.205. The molecule has 0 aliphatic heterocycles. The molecule has 6 nitrogen and oxygen atoms in total. The van der Waals surface area contributed by atoms with Gasteiger partial charge in [-0.3, -0.25) is 0 Å². The maximum Gasteiger partial charge on any atom is 0.490 e. The van der Waals surface area contributed by atoms with Crippen molar-refractivity contribution < 1.29 is 22.7 Å². The third kappa shape index (κ3) is 3.52. The maximum atomic E-state index is 12.4. The van der Waals surface area contributed by atoms with Crippen LogP contribution in [0.4, 0.5) is 24.7 Å². The minimum Gasteiger partial charge on any atom is -0.449 e. The molecule has 0 saturated heterocycles. The molecule has 0 amide bonds. The lowest BCUT2D eigenvalue weighted by Gasteiger charge is -2.14. The van der Waals surface area contributed by atoms with Crippen LogP contribution in [0.3, 0.4) is 0 Å². The van der Waals surface area contributed by atoms with E-state index in [1.165, 1.54) is 6.33 Å². The highest BCUT2D eigenvalue weighted by molar-refractivity contribution is 5.76. The normalized spacial score (nSPS) is 16.0. The van der Waals surface area contributed by atoms with Crippen LogP contribution < -0.4 is 5.32 Å². The van der Waals surface area contributed by atoms with Gasteiger partial charge in [-0.1, -0.05) is 0 Å². The largest absolute Gasteiger partial charge is 0.490 e. The van der Waals surface area contributed by atoms with Gasteiger partial charge in [0.25, 0.3) is 0 Å². The standard InChI is InChI=1S/C16H11F3N4O2/c17-16(18,19)15(24)25-12-6-5-11-13(12)21-8-22-14(11)23-10-3-1-9(7-20)2-4-10/h1-4,8,12H,5-6H2,(H,21,22,23). The number of halogens is 3. The zero-order valence-corrected chi connectivity index (χ0v) is 12.7. The Labute approximate surface area is 140 Å². The first-order chi connectivity index (χ1) is 11.9. The van der Waals surface area contributed by atoms with E-state index in [9.17, 15) is 18.0 Å². The number of fused-ring (bicyclic) bond motifs is 1. The quantitative estimate of drug-likeness (QED) is 0.857. The third-order valence-corrected chi connectivity index (χ3v) is 3.70. The molecule has 2 aromatic rings. The smallest absolute Gasteiger partial charge is 0.449 e. The fraction of sp³-hybridized carbons (Fsp3) is 0.250. The van der Waals surface area contributed by atoms with E-state index in [-0.39, 0.29) is 12.1 Å². The van der Waals surface area contributed by atoms with Crippen LogP contribution in [0.2, 0.25) is 0 Å². The van der Waals surface area contributed by atoms with E-state index in [2.05, 4.69) is 20.0 Å². The van der Waals surface area contributed by atoms with Crippen LogP contribution in [-0.4, -0.2) is 22.1 Å². The Morgan fingerprint density at radius 2 is 2.00 bits per heavy atom. The van der Waals surface area contributed by atoms with Gasteiger partial charge in [0.05, 0.1) is 17.3 Å². The molecule has 0 spiro atoms. The molecule has 1 atom stereocenters. The molecule has 9 heteroatoms. The van der Waals surface area contributed by atoms with Crippen molar-refractivity contribution in [2.24, 2.45) is 0 Å². The van der Waals surface area contributed by atoms with Crippen molar-refractivity contribution in [2.45, 2.75) is 25.1 Å². The molecule has 1 aliphatic carbocycles. The van der Waals surface area contributed by atoms with Gasteiger partial charge in [-0.15, -0.1) is 0 Å². The molecule has 1 heterocycles. The van der Waals surface area contributed by atoms with Crippen molar-refractivity contribution in [2.75, 3.05) is 5.32 Å². The first kappa shape index (κ1) is 16.7. The van der Waals surface area contributed by atoms with Gasteiger partial charge in [-0.05, 0) is 37.1 Å². The zero-order valence-electron chi connectivity index (χ0n) is 12.7. The van der Waals surface area contributed by atoms with Crippen LogP contribution in [0.15, 0.2) is 30.6 Å². The summed E-state index contributed by atoms with van der Waals surface area (Å²) in [6.07, 6.45) is -4.31. The fourth-order valence-corrected chi connectivity index (χ4v) is 2.55. The van der Waals surface area contributed by atoms with E-state index < -0.39 is 18.2 Å². The van der Waals surface area contributed by atoms with Crippen LogP contribution in [0.25, 0.3) is 0 Å². The van der Waals surface area contributed by atoms with Crippen LogP contribution in [-0.2, 0) is 16.0 Å². The van der Waals surface area contributed by atoms with E-state index in [0.717, 1.165) is 0 Å². The summed E-state index contributed by atoms with van der Waals surface area (Å²) in [6, 6.07) is 8.61. The van der Waals surface area contributed by atoms with E-state index in [1.54, 1.807) is 24.3 Å². The Hall–Kier alpha value is -3.15. The summed E-state index contributed by atoms with van der Waals surface area (Å²) in [5.41, 5.74) is 2.03. The van der Waals surface area contributed by atoms with Gasteiger partial charge in [-0.25, -0.2) is 14.8 Å². The lowest BCUT2D eigenvalue weighted by atomic mass is 10.2. The van der Waals surface area contributed by atoms with Crippen molar-refractivity contribution in [3.05, 3.63) is 47.4 Å². The van der Waals surface area contributed by atoms with Crippen molar-refractivity contribution in [3.8, 4) is 6.07 Å². The second-order valence-corrected chi connectivity index (χ2v) is 5.33. The SMILES string of the molecule is N#Cc1ccc(Nc2ncnc3c2CCC3OC(=O)C(F)(F)F)cc1. The van der Waals surface area contributed by atoms with Gasteiger partial charge in [0.1, 0.15) is 18.2 Å². The topological polar surface area (TPSA) is 87.9 Å². The summed E-state index contributed by atoms with van der Waals surface area (Å²) in [7, 11) is 0. The fourth-order valence-electron chi connectivity index (χ4n) is 2.55. The minimum atomic E-state index is -5.04. The monoisotopic (exact) mass is 348 g/mol. The predicted octanol–water partition coefficient (Wildman–Crippen LogP) is 3.18. The van der Waals surface area contributed by atoms with Crippen LogP contribution in [0, 0.1) is 11.3 Å². The summed E-state index contributed by atoms with van der Waals surface area (Å²) in [4.78, 5) is 19.1. The minimum absolute atomic E-state index is 0.206. The summed E-state index contributed by atoms with van der Waals surface area (Å²) < 4.78 is 41.6. The Bertz CT molecular complexity index is 844. The highest BCUT2D eigenvalue weighted by atomic mass is 19.4. The number of nitriles is 1. The molecule has 1 aliphatic rings. The molecule has 25 heavy (non-hydrogen) atoms. The first-order valence-corrected chi connectivity index (χ1v) is 7.27. The molecular formula is C16H11F3N4O2. The van der Waals surface area contributed by atoms with Gasteiger partial charge >= 0.3 is 12.1 Å². The molecule has 1 aromatic carbocycles. The average molecular weight is 348 g/mol. The van der Waals surface area contributed by atoms with Gasteiger partial charge in [-0.2, -0.15) is 18.4 Å². The molecule has 0 fully saturated rings. The molecule has 1 unspecified atom stereocenters. The summed E-state index contributed by atoms with van der Waals surface area (Å²) >= 11 is 0. The number of rotatable bonds is 3. The number of carbonyl (C=O) groups excluding carboxylic acids is 1. The van der Waals surface area contributed by atoms with Crippen LogP contribution in [0.5, 0.6) is 0 Å². The number of nitrogens with zero attached hydrogens (tertiary/aromatic N) is 3. The van der Waals surface area contributed by atoms with Gasteiger partial charge < -0.3 is 10.1 Å². The molecule has 3 rings (SSSR count). The van der Waals surface area contributed by atoms with Gasteiger partial charge in [0.2, 0.25) is 0 Å². The van der Waals surface area contributed by atoms with E-state index in [4.69, 9.17) is 5.26 Å². The molecular weight excluding hydrogens is 337 g/mol. The zero-order chi connectivity index (χ0) is 18.0. The highest BCUT2D eigenvalue weighted by Gasteiger charge is 2.44. The van der Waals surface area contributed by atoms with E-state index >= 15 is 0 Å². The number of hydrogen-bond donors (Lipinski definition) is 1. The Morgan fingerprint density at radius 1 is 1.28 bits per heavy atom. The number of aromatic nitrogens is 2.